The van der Waals surface area contributed by atoms with Crippen molar-refractivity contribution in [1.29, 1.82) is 0 Å². The molecular formula is C13H27O6P. The maximum atomic E-state index is 11.9. The third-order valence-corrected chi connectivity index (χ3v) is 4.27. The lowest BCUT2D eigenvalue weighted by atomic mass is 10.1. The molecule has 0 aromatic carbocycles. The number of hydrogen-bond acceptors (Lipinski definition) is 6. The lowest BCUT2D eigenvalue weighted by Crippen LogP contribution is -2.14. The summed E-state index contributed by atoms with van der Waals surface area (Å²) in [6, 6.07) is 0. The van der Waals surface area contributed by atoms with Crippen molar-refractivity contribution in [2.45, 2.75) is 47.0 Å². The lowest BCUT2D eigenvalue weighted by Gasteiger charge is -2.16. The topological polar surface area (TPSA) is 71.1 Å². The second-order valence-corrected chi connectivity index (χ2v) is 5.97. The van der Waals surface area contributed by atoms with Gasteiger partial charge in [0.25, 0.3) is 0 Å². The fourth-order valence-corrected chi connectivity index (χ4v) is 2.50. The van der Waals surface area contributed by atoms with Gasteiger partial charge in [-0.05, 0) is 33.1 Å². The highest BCUT2D eigenvalue weighted by molar-refractivity contribution is 7.48. The van der Waals surface area contributed by atoms with E-state index >= 15 is 0 Å². The maximum Gasteiger partial charge on any atom is 0.474 e. The van der Waals surface area contributed by atoms with E-state index in [9.17, 15) is 9.36 Å². The van der Waals surface area contributed by atoms with Crippen LogP contribution in [0.2, 0.25) is 0 Å². The minimum atomic E-state index is -3.42. The van der Waals surface area contributed by atoms with Crippen molar-refractivity contribution in [2.75, 3.05) is 26.4 Å². The summed E-state index contributed by atoms with van der Waals surface area (Å²) in [5.74, 6) is -0.245. The van der Waals surface area contributed by atoms with Crippen LogP contribution in [-0.4, -0.2) is 32.4 Å². The van der Waals surface area contributed by atoms with Gasteiger partial charge in [-0.2, -0.15) is 0 Å². The molecule has 1 unspecified atom stereocenters. The number of phosphoric ester groups is 1. The first-order valence-electron chi connectivity index (χ1n) is 7.19. The molecular weight excluding hydrogens is 283 g/mol. The van der Waals surface area contributed by atoms with Gasteiger partial charge in [0.15, 0.2) is 0 Å². The van der Waals surface area contributed by atoms with Gasteiger partial charge in [0.05, 0.1) is 32.3 Å². The van der Waals surface area contributed by atoms with Crippen LogP contribution >= 0.6 is 7.82 Å². The van der Waals surface area contributed by atoms with Gasteiger partial charge in [0.1, 0.15) is 0 Å². The van der Waals surface area contributed by atoms with Crippen molar-refractivity contribution in [2.24, 2.45) is 5.92 Å². The summed E-state index contributed by atoms with van der Waals surface area (Å²) in [5, 5.41) is 0. The zero-order valence-corrected chi connectivity index (χ0v) is 13.8. The standard InChI is InChI=1S/C13H27O6P/c1-5-12(4)13(14)16-10-8-9-11-19-20(15,17-6-2)18-7-3/h12H,5-11H2,1-4H3. The highest BCUT2D eigenvalue weighted by atomic mass is 31.2. The summed E-state index contributed by atoms with van der Waals surface area (Å²) in [5.41, 5.74) is 0. The molecule has 0 aliphatic rings. The minimum Gasteiger partial charge on any atom is -0.465 e. The normalized spacial score (nSPS) is 13.2. The molecule has 0 radical (unpaired) electrons. The zero-order chi connectivity index (χ0) is 15.4. The van der Waals surface area contributed by atoms with Crippen molar-refractivity contribution in [3.8, 4) is 0 Å². The molecule has 7 heteroatoms. The maximum absolute atomic E-state index is 11.9. The number of hydrogen-bond donors (Lipinski definition) is 0. The summed E-state index contributed by atoms with van der Waals surface area (Å²) >= 11 is 0. The predicted molar refractivity (Wildman–Crippen MR) is 76.5 cm³/mol. The number of carbonyl (C=O) groups excluding carboxylic acids is 1. The Morgan fingerprint density at radius 2 is 1.55 bits per heavy atom. The Bertz CT molecular complexity index is 297. The van der Waals surface area contributed by atoms with Crippen molar-refractivity contribution in [1.82, 2.24) is 0 Å². The van der Waals surface area contributed by atoms with Crippen molar-refractivity contribution < 1.29 is 27.7 Å². The van der Waals surface area contributed by atoms with E-state index in [0.29, 0.717) is 19.4 Å². The lowest BCUT2D eigenvalue weighted by molar-refractivity contribution is -0.148. The Hall–Kier alpha value is -0.420. The third-order valence-electron chi connectivity index (χ3n) is 2.62. The van der Waals surface area contributed by atoms with Crippen LogP contribution in [0.4, 0.5) is 0 Å². The smallest absolute Gasteiger partial charge is 0.465 e. The fourth-order valence-electron chi connectivity index (χ4n) is 1.29. The van der Waals surface area contributed by atoms with Crippen LogP contribution < -0.4 is 0 Å². The first-order valence-corrected chi connectivity index (χ1v) is 8.65. The monoisotopic (exact) mass is 310 g/mol. The summed E-state index contributed by atoms with van der Waals surface area (Å²) < 4.78 is 32.2. The molecule has 0 heterocycles. The van der Waals surface area contributed by atoms with Gasteiger partial charge in [-0.3, -0.25) is 18.4 Å². The Balaban J connectivity index is 3.74. The molecule has 6 nitrogen and oxygen atoms in total. The molecule has 0 aromatic heterocycles. The van der Waals surface area contributed by atoms with Crippen LogP contribution in [0.25, 0.3) is 0 Å². The van der Waals surface area contributed by atoms with Gasteiger partial charge in [0, 0.05) is 0 Å². The summed E-state index contributed by atoms with van der Waals surface area (Å²) in [6.45, 7) is 8.36. The van der Waals surface area contributed by atoms with Crippen LogP contribution in [-0.2, 0) is 27.7 Å². The zero-order valence-electron chi connectivity index (χ0n) is 12.9. The Kier molecular flexibility index (Phi) is 11.0. The van der Waals surface area contributed by atoms with Crippen LogP contribution in [0.1, 0.15) is 47.0 Å². The molecule has 0 fully saturated rings. The summed E-state index contributed by atoms with van der Waals surface area (Å²) in [7, 11) is -3.42. The summed E-state index contributed by atoms with van der Waals surface area (Å²) in [4.78, 5) is 11.4. The quantitative estimate of drug-likeness (QED) is 0.312. The van der Waals surface area contributed by atoms with Crippen LogP contribution in [0.15, 0.2) is 0 Å². The molecule has 0 aliphatic heterocycles. The number of phosphoric acid groups is 1. The predicted octanol–water partition coefficient (Wildman–Crippen LogP) is 3.55. The minimum absolute atomic E-state index is 0.0672. The van der Waals surface area contributed by atoms with E-state index in [0.717, 1.165) is 6.42 Å². The van der Waals surface area contributed by atoms with E-state index in [4.69, 9.17) is 18.3 Å². The number of carbonyl (C=O) groups is 1. The van der Waals surface area contributed by atoms with Crippen LogP contribution in [0.3, 0.4) is 0 Å². The average molecular weight is 310 g/mol. The van der Waals surface area contributed by atoms with E-state index in [2.05, 4.69) is 0 Å². The van der Waals surface area contributed by atoms with Gasteiger partial charge in [-0.15, -0.1) is 0 Å². The van der Waals surface area contributed by atoms with Crippen LogP contribution in [0.5, 0.6) is 0 Å². The first kappa shape index (κ1) is 19.6. The highest BCUT2D eigenvalue weighted by Crippen LogP contribution is 2.49. The molecule has 0 aromatic rings. The third kappa shape index (κ3) is 8.69. The Labute approximate surface area is 121 Å². The number of rotatable bonds is 12. The molecule has 1 atom stereocenters. The van der Waals surface area contributed by atoms with Gasteiger partial charge < -0.3 is 4.74 Å². The van der Waals surface area contributed by atoms with Gasteiger partial charge in [-0.1, -0.05) is 13.8 Å². The van der Waals surface area contributed by atoms with Crippen molar-refractivity contribution in [3.05, 3.63) is 0 Å². The van der Waals surface area contributed by atoms with E-state index < -0.39 is 7.82 Å². The number of unbranched alkanes of at least 4 members (excludes halogenated alkanes) is 1. The molecule has 0 saturated carbocycles. The molecule has 0 amide bonds. The molecule has 0 N–H and O–H groups in total. The van der Waals surface area contributed by atoms with Crippen molar-refractivity contribution >= 4 is 13.8 Å². The number of esters is 1. The SMILES string of the molecule is CCOP(=O)(OCC)OCCCCOC(=O)C(C)CC. The Morgan fingerprint density at radius 3 is 2.05 bits per heavy atom. The van der Waals surface area contributed by atoms with Gasteiger partial charge in [-0.25, -0.2) is 4.57 Å². The largest absolute Gasteiger partial charge is 0.474 e. The molecule has 0 saturated heterocycles. The van der Waals surface area contributed by atoms with Crippen LogP contribution in [0, 0.1) is 5.92 Å². The molecule has 0 spiro atoms. The molecule has 0 aliphatic carbocycles. The second-order valence-electron chi connectivity index (χ2n) is 4.30. The van der Waals surface area contributed by atoms with E-state index in [1.54, 1.807) is 13.8 Å². The number of ether oxygens (including phenoxy) is 1. The summed E-state index contributed by atoms with van der Waals surface area (Å²) in [6.07, 6.45) is 2.05. The average Bonchev–Trinajstić information content (AvgIpc) is 2.42. The van der Waals surface area contributed by atoms with E-state index in [-0.39, 0.29) is 31.7 Å². The van der Waals surface area contributed by atoms with E-state index in [1.165, 1.54) is 0 Å². The fraction of sp³-hybridized carbons (Fsp3) is 0.923. The van der Waals surface area contributed by atoms with Gasteiger partial charge in [0.2, 0.25) is 0 Å². The molecule has 120 valence electrons. The van der Waals surface area contributed by atoms with E-state index in [1.807, 2.05) is 13.8 Å². The molecule has 20 heavy (non-hydrogen) atoms. The molecule has 0 bridgehead atoms. The Morgan fingerprint density at radius 1 is 1.00 bits per heavy atom. The second kappa shape index (κ2) is 11.3. The molecule has 0 rings (SSSR count). The highest BCUT2D eigenvalue weighted by Gasteiger charge is 2.24. The first-order chi connectivity index (χ1) is 9.49. The van der Waals surface area contributed by atoms with Gasteiger partial charge >= 0.3 is 13.8 Å². The van der Waals surface area contributed by atoms with Crippen molar-refractivity contribution in [3.63, 3.8) is 0 Å².